The number of hydrogen-bond donors (Lipinski definition) is 0. The number of nitrogens with zero attached hydrogens (tertiary/aromatic N) is 2. The Kier molecular flexibility index (Phi) is 7.61. The number of fused-ring (bicyclic) bond motifs is 1. The van der Waals surface area contributed by atoms with Gasteiger partial charge in [-0.2, -0.15) is 0 Å². The molecule has 28 heavy (non-hydrogen) atoms. The molecule has 0 aliphatic rings. The van der Waals surface area contributed by atoms with Crippen molar-refractivity contribution in [2.75, 3.05) is 11.4 Å². The monoisotopic (exact) mass is 438 g/mol. The van der Waals surface area contributed by atoms with Crippen LogP contribution in [0.3, 0.4) is 0 Å². The summed E-state index contributed by atoms with van der Waals surface area (Å²) < 4.78 is 0.962. The van der Waals surface area contributed by atoms with E-state index in [1.807, 2.05) is 48.5 Å². The van der Waals surface area contributed by atoms with Crippen LogP contribution < -0.4 is 4.90 Å². The molecule has 0 spiro atoms. The summed E-state index contributed by atoms with van der Waals surface area (Å²) in [4.78, 5) is 18.6. The van der Waals surface area contributed by atoms with Gasteiger partial charge in [0.1, 0.15) is 5.82 Å². The Balaban J connectivity index is 1.92. The van der Waals surface area contributed by atoms with Crippen LogP contribution in [0.25, 0.3) is 22.0 Å². The Bertz CT molecular complexity index is 911. The molecule has 0 aliphatic carbocycles. The minimum absolute atomic E-state index is 0.697. The van der Waals surface area contributed by atoms with Crippen LogP contribution in [0.5, 0.6) is 0 Å². The first-order valence-corrected chi connectivity index (χ1v) is 10.9. The van der Waals surface area contributed by atoms with Crippen LogP contribution in [0.4, 0.5) is 5.82 Å². The summed E-state index contributed by atoms with van der Waals surface area (Å²) in [5, 5.41) is 2.06. The lowest BCUT2D eigenvalue weighted by Crippen LogP contribution is -2.24. The SMILES string of the molecule is CCCCCCCCN(C=O)c1nc(-c2ccccc2)c(Br)c2ccccc12. The first-order chi connectivity index (χ1) is 13.8. The van der Waals surface area contributed by atoms with Gasteiger partial charge in [0.25, 0.3) is 0 Å². The predicted molar refractivity (Wildman–Crippen MR) is 122 cm³/mol. The van der Waals surface area contributed by atoms with E-state index in [4.69, 9.17) is 4.98 Å². The van der Waals surface area contributed by atoms with Crippen molar-refractivity contribution in [2.24, 2.45) is 0 Å². The maximum Gasteiger partial charge on any atom is 0.215 e. The third kappa shape index (κ3) is 4.79. The average molecular weight is 439 g/mol. The lowest BCUT2D eigenvalue weighted by atomic mass is 10.1. The Morgan fingerprint density at radius 1 is 0.893 bits per heavy atom. The molecule has 1 heterocycles. The summed E-state index contributed by atoms with van der Waals surface area (Å²) in [6.07, 6.45) is 8.09. The molecule has 2 aromatic carbocycles. The highest BCUT2D eigenvalue weighted by atomic mass is 79.9. The Hall–Kier alpha value is -2.20. The summed E-state index contributed by atoms with van der Waals surface area (Å²) in [6, 6.07) is 18.2. The van der Waals surface area contributed by atoms with Crippen LogP contribution in [0.15, 0.2) is 59.1 Å². The van der Waals surface area contributed by atoms with E-state index in [2.05, 4.69) is 28.9 Å². The summed E-state index contributed by atoms with van der Waals surface area (Å²) in [7, 11) is 0. The molecule has 146 valence electrons. The number of hydrogen-bond acceptors (Lipinski definition) is 2. The van der Waals surface area contributed by atoms with Crippen molar-refractivity contribution < 1.29 is 4.79 Å². The molecule has 1 amide bonds. The van der Waals surface area contributed by atoms with Gasteiger partial charge in [-0.15, -0.1) is 0 Å². The maximum absolute atomic E-state index is 11.9. The van der Waals surface area contributed by atoms with Gasteiger partial charge in [0, 0.05) is 22.9 Å². The van der Waals surface area contributed by atoms with E-state index in [9.17, 15) is 4.79 Å². The summed E-state index contributed by atoms with van der Waals surface area (Å²) >= 11 is 3.74. The van der Waals surface area contributed by atoms with E-state index in [0.717, 1.165) is 51.6 Å². The van der Waals surface area contributed by atoms with Crippen LogP contribution in [0, 0.1) is 0 Å². The minimum atomic E-state index is 0.697. The van der Waals surface area contributed by atoms with Gasteiger partial charge in [-0.3, -0.25) is 9.69 Å². The fourth-order valence-corrected chi connectivity index (χ4v) is 4.15. The van der Waals surface area contributed by atoms with Gasteiger partial charge in [0.15, 0.2) is 0 Å². The topological polar surface area (TPSA) is 33.2 Å². The molecule has 0 bridgehead atoms. The number of unbranched alkanes of at least 4 members (excludes halogenated alkanes) is 5. The second-order valence-electron chi connectivity index (χ2n) is 7.08. The van der Waals surface area contributed by atoms with Gasteiger partial charge in [-0.1, -0.05) is 93.6 Å². The Morgan fingerprint density at radius 2 is 1.54 bits per heavy atom. The predicted octanol–water partition coefficient (Wildman–Crippen LogP) is 6.99. The fraction of sp³-hybridized carbons (Fsp3) is 0.333. The molecule has 3 rings (SSSR count). The third-order valence-electron chi connectivity index (χ3n) is 5.03. The summed E-state index contributed by atoms with van der Waals surface area (Å²) in [5.74, 6) is 0.737. The van der Waals surface area contributed by atoms with Crippen molar-refractivity contribution in [3.8, 4) is 11.3 Å². The van der Waals surface area contributed by atoms with Gasteiger partial charge in [0.05, 0.1) is 10.2 Å². The summed E-state index contributed by atoms with van der Waals surface area (Å²) in [5.41, 5.74) is 1.90. The van der Waals surface area contributed by atoms with Crippen molar-refractivity contribution in [3.05, 3.63) is 59.1 Å². The van der Waals surface area contributed by atoms with E-state index in [1.54, 1.807) is 4.90 Å². The highest BCUT2D eigenvalue weighted by Crippen LogP contribution is 2.37. The zero-order valence-corrected chi connectivity index (χ0v) is 18.0. The van der Waals surface area contributed by atoms with Crippen LogP contribution in [0.1, 0.15) is 45.4 Å². The highest BCUT2D eigenvalue weighted by molar-refractivity contribution is 9.10. The molecule has 0 fully saturated rings. The van der Waals surface area contributed by atoms with Gasteiger partial charge < -0.3 is 0 Å². The van der Waals surface area contributed by atoms with E-state index < -0.39 is 0 Å². The molecule has 0 atom stereocenters. The summed E-state index contributed by atoms with van der Waals surface area (Å²) in [6.45, 7) is 2.92. The van der Waals surface area contributed by atoms with Crippen molar-refractivity contribution in [2.45, 2.75) is 45.4 Å². The van der Waals surface area contributed by atoms with Gasteiger partial charge >= 0.3 is 0 Å². The number of carbonyl (C=O) groups is 1. The Labute approximate surface area is 175 Å². The van der Waals surface area contributed by atoms with Crippen molar-refractivity contribution in [1.82, 2.24) is 4.98 Å². The molecule has 3 aromatic rings. The van der Waals surface area contributed by atoms with Gasteiger partial charge in [-0.25, -0.2) is 4.98 Å². The quantitative estimate of drug-likeness (QED) is 0.252. The Morgan fingerprint density at radius 3 is 2.25 bits per heavy atom. The van der Waals surface area contributed by atoms with E-state index in [1.165, 1.54) is 25.7 Å². The lowest BCUT2D eigenvalue weighted by Gasteiger charge is -2.21. The van der Waals surface area contributed by atoms with Crippen LogP contribution in [0.2, 0.25) is 0 Å². The number of pyridine rings is 1. The normalized spacial score (nSPS) is 10.9. The molecule has 0 unspecified atom stereocenters. The number of rotatable bonds is 10. The second-order valence-corrected chi connectivity index (χ2v) is 7.87. The molecule has 0 radical (unpaired) electrons. The largest absolute Gasteiger partial charge is 0.299 e. The van der Waals surface area contributed by atoms with E-state index >= 15 is 0 Å². The van der Waals surface area contributed by atoms with Gasteiger partial charge in [0.2, 0.25) is 6.41 Å². The molecule has 0 aliphatic heterocycles. The van der Waals surface area contributed by atoms with Crippen molar-refractivity contribution >= 4 is 38.9 Å². The first-order valence-electron chi connectivity index (χ1n) is 10.1. The number of aromatic nitrogens is 1. The minimum Gasteiger partial charge on any atom is -0.299 e. The second kappa shape index (κ2) is 10.4. The number of amides is 1. The molecule has 4 heteroatoms. The number of carbonyl (C=O) groups excluding carboxylic acids is 1. The standard InChI is InChI=1S/C24H27BrN2O/c1-2-3-4-5-6-12-17-27(18-28)24-21-16-11-10-15-20(21)22(25)23(26-24)19-13-8-7-9-14-19/h7-11,13-16,18H,2-6,12,17H2,1H3. The van der Waals surface area contributed by atoms with E-state index in [0.29, 0.717) is 6.54 Å². The molecular formula is C24H27BrN2O. The number of anilines is 1. The van der Waals surface area contributed by atoms with Crippen LogP contribution >= 0.6 is 15.9 Å². The van der Waals surface area contributed by atoms with Crippen molar-refractivity contribution in [3.63, 3.8) is 0 Å². The molecule has 3 nitrogen and oxygen atoms in total. The van der Waals surface area contributed by atoms with Crippen LogP contribution in [-0.4, -0.2) is 17.9 Å². The van der Waals surface area contributed by atoms with E-state index in [-0.39, 0.29) is 0 Å². The maximum atomic E-state index is 11.9. The zero-order valence-electron chi connectivity index (χ0n) is 16.4. The van der Waals surface area contributed by atoms with Gasteiger partial charge in [-0.05, 0) is 22.4 Å². The fourth-order valence-electron chi connectivity index (χ4n) is 3.49. The highest BCUT2D eigenvalue weighted by Gasteiger charge is 2.17. The average Bonchev–Trinajstić information content (AvgIpc) is 2.75. The van der Waals surface area contributed by atoms with Crippen molar-refractivity contribution in [1.29, 1.82) is 0 Å². The lowest BCUT2D eigenvalue weighted by molar-refractivity contribution is -0.107. The molecular weight excluding hydrogens is 412 g/mol. The molecule has 0 saturated heterocycles. The third-order valence-corrected chi connectivity index (χ3v) is 5.83. The number of benzene rings is 2. The molecule has 1 aromatic heterocycles. The zero-order chi connectivity index (χ0) is 19.8. The molecule has 0 N–H and O–H groups in total. The van der Waals surface area contributed by atoms with Crippen LogP contribution in [-0.2, 0) is 4.79 Å². The number of halogens is 1. The molecule has 0 saturated carbocycles. The first kappa shape index (κ1) is 20.5. The smallest absolute Gasteiger partial charge is 0.215 e.